The molecule has 0 saturated heterocycles. The Kier molecular flexibility index (Phi) is 8.39. The minimum atomic E-state index is -4.10. The lowest BCUT2D eigenvalue weighted by Gasteiger charge is -2.19. The summed E-state index contributed by atoms with van der Waals surface area (Å²) in [5.41, 5.74) is 2.84. The highest BCUT2D eigenvalue weighted by molar-refractivity contribution is 7.47. The van der Waals surface area contributed by atoms with Crippen molar-refractivity contribution in [1.82, 2.24) is 0 Å². The summed E-state index contributed by atoms with van der Waals surface area (Å²) < 4.78 is 31.6. The van der Waals surface area contributed by atoms with Gasteiger partial charge in [-0.1, -0.05) is 60.4 Å². The highest BCUT2D eigenvalue weighted by Gasteiger charge is 2.25. The fourth-order valence-electron chi connectivity index (χ4n) is 2.99. The van der Waals surface area contributed by atoms with Crippen molar-refractivity contribution < 1.29 is 28.0 Å². The second kappa shape index (κ2) is 11.2. The first-order valence-corrected chi connectivity index (χ1v) is 11.2. The molecule has 0 saturated carbocycles. The molecular formula is C24H25O6P. The van der Waals surface area contributed by atoms with Crippen LogP contribution in [-0.2, 0) is 29.7 Å². The molecular weight excluding hydrogens is 415 g/mol. The average molecular weight is 440 g/mol. The van der Waals surface area contributed by atoms with E-state index in [0.717, 1.165) is 29.2 Å². The maximum absolute atomic E-state index is 11.6. The number of benzene rings is 3. The van der Waals surface area contributed by atoms with Crippen molar-refractivity contribution in [2.24, 2.45) is 0 Å². The van der Waals surface area contributed by atoms with Crippen LogP contribution in [0.15, 0.2) is 66.7 Å². The Hall–Kier alpha value is -2.49. The average Bonchev–Trinajstić information content (AvgIpc) is 2.78. The molecule has 3 aromatic rings. The molecule has 7 heteroatoms. The van der Waals surface area contributed by atoms with Crippen LogP contribution in [0.2, 0.25) is 0 Å². The van der Waals surface area contributed by atoms with Crippen LogP contribution in [0.25, 0.3) is 10.8 Å². The van der Waals surface area contributed by atoms with Crippen molar-refractivity contribution in [1.29, 1.82) is 0 Å². The van der Waals surface area contributed by atoms with Gasteiger partial charge >= 0.3 is 7.82 Å². The first-order chi connectivity index (χ1) is 15.0. The predicted octanol–water partition coefficient (Wildman–Crippen LogP) is 4.53. The fraction of sp³-hybridized carbons (Fsp3) is 0.250. The summed E-state index contributed by atoms with van der Waals surface area (Å²) in [4.78, 5) is 9.45. The standard InChI is InChI=1S/C24H25O6P/c1-27-17-23(30-31(25,26)28-2)18-29-16-20-12-10-19(11-13-20)14-15-22-8-5-7-21-6-3-4-9-24(21)22/h3-13,23H,16-18H2,1-2H3,(H,25,26)/t23-/m1/s1. The number of fused-ring (bicyclic) bond motifs is 1. The minimum Gasteiger partial charge on any atom is -0.382 e. The molecule has 2 atom stereocenters. The molecule has 0 aliphatic carbocycles. The van der Waals surface area contributed by atoms with Crippen molar-refractivity contribution in [2.75, 3.05) is 27.4 Å². The Morgan fingerprint density at radius 1 is 0.935 bits per heavy atom. The van der Waals surface area contributed by atoms with E-state index >= 15 is 0 Å². The normalized spacial score (nSPS) is 13.9. The lowest BCUT2D eigenvalue weighted by atomic mass is 10.0. The zero-order valence-electron chi connectivity index (χ0n) is 17.5. The van der Waals surface area contributed by atoms with Crippen LogP contribution >= 0.6 is 7.82 Å². The van der Waals surface area contributed by atoms with E-state index < -0.39 is 13.9 Å². The molecule has 1 N–H and O–H groups in total. The van der Waals surface area contributed by atoms with Gasteiger partial charge in [0.15, 0.2) is 0 Å². The van der Waals surface area contributed by atoms with Crippen LogP contribution in [0, 0.1) is 11.8 Å². The Morgan fingerprint density at radius 3 is 2.42 bits per heavy atom. The monoisotopic (exact) mass is 440 g/mol. The number of hydrogen-bond acceptors (Lipinski definition) is 5. The highest BCUT2D eigenvalue weighted by atomic mass is 31.2. The van der Waals surface area contributed by atoms with Gasteiger partial charge in [0.2, 0.25) is 0 Å². The van der Waals surface area contributed by atoms with Crippen molar-refractivity contribution in [3.8, 4) is 11.8 Å². The molecule has 3 aromatic carbocycles. The topological polar surface area (TPSA) is 74.2 Å². The highest BCUT2D eigenvalue weighted by Crippen LogP contribution is 2.43. The van der Waals surface area contributed by atoms with Gasteiger partial charge in [0.25, 0.3) is 0 Å². The summed E-state index contributed by atoms with van der Waals surface area (Å²) in [6.45, 7) is 0.518. The summed E-state index contributed by atoms with van der Waals surface area (Å²) in [6, 6.07) is 22.0. The van der Waals surface area contributed by atoms with Gasteiger partial charge in [-0.2, -0.15) is 0 Å². The fourth-order valence-corrected chi connectivity index (χ4v) is 3.58. The molecule has 0 heterocycles. The molecule has 0 bridgehead atoms. The van der Waals surface area contributed by atoms with E-state index in [0.29, 0.717) is 6.61 Å². The van der Waals surface area contributed by atoms with E-state index in [1.165, 1.54) is 12.5 Å². The lowest BCUT2D eigenvalue weighted by molar-refractivity contribution is -0.0135. The van der Waals surface area contributed by atoms with E-state index in [-0.39, 0.29) is 13.2 Å². The van der Waals surface area contributed by atoms with Gasteiger partial charge in [-0.3, -0.25) is 9.05 Å². The van der Waals surface area contributed by atoms with Gasteiger partial charge in [0.1, 0.15) is 6.10 Å². The van der Waals surface area contributed by atoms with Gasteiger partial charge in [-0.15, -0.1) is 0 Å². The zero-order valence-corrected chi connectivity index (χ0v) is 18.4. The molecule has 1 unspecified atom stereocenters. The molecule has 0 spiro atoms. The van der Waals surface area contributed by atoms with Crippen LogP contribution < -0.4 is 0 Å². The van der Waals surface area contributed by atoms with E-state index in [1.807, 2.05) is 48.5 Å². The maximum Gasteiger partial charge on any atom is 0.472 e. The Morgan fingerprint density at radius 2 is 1.68 bits per heavy atom. The Balaban J connectivity index is 1.58. The third-order valence-corrected chi connectivity index (χ3v) is 5.55. The van der Waals surface area contributed by atoms with E-state index in [4.69, 9.17) is 14.0 Å². The Labute approximate surface area is 182 Å². The van der Waals surface area contributed by atoms with E-state index in [2.05, 4.69) is 34.6 Å². The third kappa shape index (κ3) is 7.02. The largest absolute Gasteiger partial charge is 0.472 e. The molecule has 6 nitrogen and oxygen atoms in total. The van der Waals surface area contributed by atoms with Crippen LogP contribution in [0.4, 0.5) is 0 Å². The molecule has 0 amide bonds. The van der Waals surface area contributed by atoms with E-state index in [1.54, 1.807) is 0 Å². The summed E-state index contributed by atoms with van der Waals surface area (Å²) in [5.74, 6) is 6.45. The predicted molar refractivity (Wildman–Crippen MR) is 120 cm³/mol. The SMILES string of the molecule is COC[C@H](COCc1ccc(C#Cc2cccc3ccccc23)cc1)OP(=O)(O)OC. The van der Waals surface area contributed by atoms with Gasteiger partial charge in [0, 0.05) is 25.3 Å². The quantitative estimate of drug-likeness (QED) is 0.389. The molecule has 0 aliphatic heterocycles. The number of methoxy groups -OCH3 is 1. The van der Waals surface area contributed by atoms with Crippen molar-refractivity contribution in [3.05, 3.63) is 83.4 Å². The number of phosphoric ester groups is 1. The molecule has 31 heavy (non-hydrogen) atoms. The van der Waals surface area contributed by atoms with Crippen molar-refractivity contribution in [3.63, 3.8) is 0 Å². The zero-order chi connectivity index (χ0) is 22.1. The van der Waals surface area contributed by atoms with Crippen LogP contribution in [-0.4, -0.2) is 38.4 Å². The van der Waals surface area contributed by atoms with Gasteiger partial charge < -0.3 is 14.4 Å². The summed E-state index contributed by atoms with van der Waals surface area (Å²) in [7, 11) is -1.52. The lowest BCUT2D eigenvalue weighted by Crippen LogP contribution is -2.24. The van der Waals surface area contributed by atoms with E-state index in [9.17, 15) is 9.46 Å². The summed E-state index contributed by atoms with van der Waals surface area (Å²) >= 11 is 0. The second-order valence-electron chi connectivity index (χ2n) is 6.82. The maximum atomic E-state index is 11.6. The van der Waals surface area contributed by atoms with Crippen molar-refractivity contribution >= 4 is 18.6 Å². The van der Waals surface area contributed by atoms with Gasteiger partial charge in [-0.25, -0.2) is 4.57 Å². The molecule has 0 fully saturated rings. The molecule has 162 valence electrons. The van der Waals surface area contributed by atoms with Crippen molar-refractivity contribution in [2.45, 2.75) is 12.7 Å². The molecule has 0 radical (unpaired) electrons. The molecule has 0 aliphatic rings. The third-order valence-electron chi connectivity index (χ3n) is 4.52. The minimum absolute atomic E-state index is 0.0877. The second-order valence-corrected chi connectivity index (χ2v) is 8.34. The van der Waals surface area contributed by atoms with Gasteiger partial charge in [0.05, 0.1) is 19.8 Å². The summed E-state index contributed by atoms with van der Waals surface area (Å²) in [6.07, 6.45) is -0.716. The van der Waals surface area contributed by atoms with Crippen LogP contribution in [0.5, 0.6) is 0 Å². The first-order valence-electron chi connectivity index (χ1n) is 9.73. The van der Waals surface area contributed by atoms with Gasteiger partial charge in [-0.05, 0) is 34.5 Å². The number of rotatable bonds is 9. The van der Waals surface area contributed by atoms with Crippen LogP contribution in [0.3, 0.4) is 0 Å². The molecule has 0 aromatic heterocycles. The Bertz CT molecular complexity index is 1090. The number of ether oxygens (including phenoxy) is 2. The summed E-state index contributed by atoms with van der Waals surface area (Å²) in [5, 5.41) is 2.30. The first kappa shape index (κ1) is 23.2. The number of phosphoric acid groups is 1. The number of hydrogen-bond donors (Lipinski definition) is 1. The smallest absolute Gasteiger partial charge is 0.382 e. The van der Waals surface area contributed by atoms with Crippen LogP contribution in [0.1, 0.15) is 16.7 Å². The molecule has 3 rings (SSSR count).